The van der Waals surface area contributed by atoms with Gasteiger partial charge in [-0.15, -0.1) is 0 Å². The van der Waals surface area contributed by atoms with Crippen molar-refractivity contribution in [1.82, 2.24) is 14.9 Å². The first-order chi connectivity index (χ1) is 8.92. The highest BCUT2D eigenvalue weighted by atomic mass is 15.0. The molecule has 0 fully saturated rings. The molecule has 0 bridgehead atoms. The summed E-state index contributed by atoms with van der Waals surface area (Å²) < 4.78 is 2.06. The van der Waals surface area contributed by atoms with E-state index in [-0.39, 0.29) is 0 Å². The second kappa shape index (κ2) is 5.04. The molecule has 4 heteroatoms. The molecule has 0 amide bonds. The molecule has 0 saturated heterocycles. The average Bonchev–Trinajstić information content (AvgIpc) is 2.94. The zero-order valence-electron chi connectivity index (χ0n) is 10.2. The van der Waals surface area contributed by atoms with Gasteiger partial charge >= 0.3 is 0 Å². The number of amidine groups is 1. The van der Waals surface area contributed by atoms with Crippen LogP contribution in [0, 0.1) is 0 Å². The van der Waals surface area contributed by atoms with Crippen LogP contribution < -0.4 is 5.32 Å². The summed E-state index contributed by atoms with van der Waals surface area (Å²) in [5, 5.41) is 3.34. The summed E-state index contributed by atoms with van der Waals surface area (Å²) in [5.74, 6) is 1.02. The highest BCUT2D eigenvalue weighted by molar-refractivity contribution is 5.99. The first-order valence-electron chi connectivity index (χ1n) is 6.25. The first-order valence-corrected chi connectivity index (χ1v) is 6.25. The minimum Gasteiger partial charge on any atom is -0.370 e. The second-order valence-corrected chi connectivity index (χ2v) is 4.44. The SMILES string of the molecule is c1cn(Cc2ccc(C3=NCCCN3)cc2)cn1. The molecular formula is C14H16N4. The van der Waals surface area contributed by atoms with Gasteiger partial charge < -0.3 is 9.88 Å². The quantitative estimate of drug-likeness (QED) is 0.886. The van der Waals surface area contributed by atoms with Crippen LogP contribution in [0.15, 0.2) is 48.0 Å². The van der Waals surface area contributed by atoms with Crippen molar-refractivity contribution in [2.24, 2.45) is 4.99 Å². The van der Waals surface area contributed by atoms with Crippen LogP contribution in [0.5, 0.6) is 0 Å². The molecule has 0 radical (unpaired) electrons. The maximum absolute atomic E-state index is 4.50. The Morgan fingerprint density at radius 1 is 1.22 bits per heavy atom. The summed E-state index contributed by atoms with van der Waals surface area (Å²) in [4.78, 5) is 8.54. The van der Waals surface area contributed by atoms with Gasteiger partial charge in [-0.25, -0.2) is 4.98 Å². The van der Waals surface area contributed by atoms with Crippen LogP contribution in [-0.2, 0) is 6.54 Å². The zero-order valence-corrected chi connectivity index (χ0v) is 10.2. The Kier molecular flexibility index (Phi) is 3.08. The molecule has 2 heterocycles. The van der Waals surface area contributed by atoms with Gasteiger partial charge in [-0.2, -0.15) is 0 Å². The van der Waals surface area contributed by atoms with E-state index in [2.05, 4.69) is 44.1 Å². The van der Waals surface area contributed by atoms with Crippen molar-refractivity contribution in [2.45, 2.75) is 13.0 Å². The van der Waals surface area contributed by atoms with Crippen LogP contribution in [0.25, 0.3) is 0 Å². The van der Waals surface area contributed by atoms with Crippen molar-refractivity contribution >= 4 is 5.84 Å². The van der Waals surface area contributed by atoms with Gasteiger partial charge in [0.15, 0.2) is 0 Å². The molecule has 0 aliphatic carbocycles. The Hall–Kier alpha value is -2.10. The molecule has 1 aromatic carbocycles. The minimum atomic E-state index is 0.861. The summed E-state index contributed by atoms with van der Waals surface area (Å²) >= 11 is 0. The number of rotatable bonds is 3. The van der Waals surface area contributed by atoms with E-state index in [1.54, 1.807) is 6.20 Å². The monoisotopic (exact) mass is 240 g/mol. The number of benzene rings is 1. The van der Waals surface area contributed by atoms with E-state index in [1.165, 1.54) is 11.1 Å². The fraction of sp³-hybridized carbons (Fsp3) is 0.286. The summed E-state index contributed by atoms with van der Waals surface area (Å²) in [6.45, 7) is 2.81. The number of imidazole rings is 1. The minimum absolute atomic E-state index is 0.861. The molecule has 3 rings (SSSR count). The predicted octanol–water partition coefficient (Wildman–Crippen LogP) is 1.67. The largest absolute Gasteiger partial charge is 0.370 e. The Morgan fingerprint density at radius 3 is 2.78 bits per heavy atom. The van der Waals surface area contributed by atoms with Gasteiger partial charge in [-0.1, -0.05) is 24.3 Å². The predicted molar refractivity (Wildman–Crippen MR) is 71.8 cm³/mol. The highest BCUT2D eigenvalue weighted by Gasteiger charge is 2.06. The number of aromatic nitrogens is 2. The molecule has 1 aliphatic heterocycles. The van der Waals surface area contributed by atoms with Crippen LogP contribution in [0.1, 0.15) is 17.5 Å². The lowest BCUT2D eigenvalue weighted by molar-refractivity contribution is 0.742. The molecule has 0 unspecified atom stereocenters. The van der Waals surface area contributed by atoms with Crippen LogP contribution in [0.4, 0.5) is 0 Å². The lowest BCUT2D eigenvalue weighted by Gasteiger charge is -2.14. The summed E-state index contributed by atoms with van der Waals surface area (Å²) in [6, 6.07) is 8.55. The van der Waals surface area contributed by atoms with Crippen molar-refractivity contribution in [3.05, 3.63) is 54.1 Å². The number of hydrogen-bond donors (Lipinski definition) is 1. The van der Waals surface area contributed by atoms with E-state index in [0.717, 1.165) is 31.9 Å². The summed E-state index contributed by atoms with van der Waals surface area (Å²) in [7, 11) is 0. The molecular weight excluding hydrogens is 224 g/mol. The van der Waals surface area contributed by atoms with E-state index < -0.39 is 0 Å². The van der Waals surface area contributed by atoms with Crippen LogP contribution in [-0.4, -0.2) is 28.5 Å². The molecule has 0 spiro atoms. The Bertz CT molecular complexity index is 525. The Balaban J connectivity index is 1.74. The van der Waals surface area contributed by atoms with Crippen molar-refractivity contribution < 1.29 is 0 Å². The van der Waals surface area contributed by atoms with Gasteiger partial charge in [0.05, 0.1) is 6.33 Å². The zero-order chi connectivity index (χ0) is 12.2. The van der Waals surface area contributed by atoms with E-state index in [1.807, 2.05) is 12.5 Å². The smallest absolute Gasteiger partial charge is 0.128 e. The van der Waals surface area contributed by atoms with Gasteiger partial charge in [0.1, 0.15) is 5.84 Å². The van der Waals surface area contributed by atoms with Crippen molar-refractivity contribution in [1.29, 1.82) is 0 Å². The number of hydrogen-bond acceptors (Lipinski definition) is 3. The summed E-state index contributed by atoms with van der Waals surface area (Å²) in [5.41, 5.74) is 2.44. The molecule has 92 valence electrons. The van der Waals surface area contributed by atoms with Crippen molar-refractivity contribution in [3.63, 3.8) is 0 Å². The third kappa shape index (κ3) is 2.42. The van der Waals surface area contributed by atoms with Crippen LogP contribution in [0.3, 0.4) is 0 Å². The normalized spacial score (nSPS) is 15.0. The third-order valence-electron chi connectivity index (χ3n) is 3.05. The number of aliphatic imine (C=N–C) groups is 1. The molecule has 2 aromatic rings. The van der Waals surface area contributed by atoms with Crippen LogP contribution >= 0.6 is 0 Å². The van der Waals surface area contributed by atoms with Gasteiger partial charge in [-0.05, 0) is 12.0 Å². The van der Waals surface area contributed by atoms with Crippen LogP contribution in [0.2, 0.25) is 0 Å². The maximum Gasteiger partial charge on any atom is 0.128 e. The van der Waals surface area contributed by atoms with Gasteiger partial charge in [-0.3, -0.25) is 4.99 Å². The molecule has 18 heavy (non-hydrogen) atoms. The van der Waals surface area contributed by atoms with Crippen molar-refractivity contribution in [3.8, 4) is 0 Å². The fourth-order valence-corrected chi connectivity index (χ4v) is 2.09. The maximum atomic E-state index is 4.50. The van der Waals surface area contributed by atoms with Gasteiger partial charge in [0, 0.05) is 37.6 Å². The van der Waals surface area contributed by atoms with E-state index in [0.29, 0.717) is 0 Å². The first kappa shape index (κ1) is 11.0. The highest BCUT2D eigenvalue weighted by Crippen LogP contribution is 2.08. The fourth-order valence-electron chi connectivity index (χ4n) is 2.09. The third-order valence-corrected chi connectivity index (χ3v) is 3.05. The molecule has 0 atom stereocenters. The number of nitrogens with zero attached hydrogens (tertiary/aromatic N) is 3. The molecule has 1 aromatic heterocycles. The standard InChI is InChI=1S/C14H16N4/c1-6-16-14(17-7-1)13-4-2-12(3-5-13)10-18-9-8-15-11-18/h2-5,8-9,11H,1,6-7,10H2,(H,16,17). The number of nitrogens with one attached hydrogen (secondary N) is 1. The van der Waals surface area contributed by atoms with E-state index in [4.69, 9.17) is 0 Å². The summed E-state index contributed by atoms with van der Waals surface area (Å²) in [6.07, 6.45) is 6.73. The molecule has 1 N–H and O–H groups in total. The Morgan fingerprint density at radius 2 is 2.11 bits per heavy atom. The topological polar surface area (TPSA) is 42.2 Å². The van der Waals surface area contributed by atoms with Gasteiger partial charge in [0.2, 0.25) is 0 Å². The van der Waals surface area contributed by atoms with Crippen molar-refractivity contribution in [2.75, 3.05) is 13.1 Å². The molecule has 0 saturated carbocycles. The lowest BCUT2D eigenvalue weighted by Crippen LogP contribution is -2.30. The average molecular weight is 240 g/mol. The molecule has 1 aliphatic rings. The lowest BCUT2D eigenvalue weighted by atomic mass is 10.1. The van der Waals surface area contributed by atoms with Gasteiger partial charge in [0.25, 0.3) is 0 Å². The van der Waals surface area contributed by atoms with E-state index >= 15 is 0 Å². The van der Waals surface area contributed by atoms with E-state index in [9.17, 15) is 0 Å². The Labute approximate surface area is 106 Å². The second-order valence-electron chi connectivity index (χ2n) is 4.44. The molecule has 4 nitrogen and oxygen atoms in total.